The van der Waals surface area contributed by atoms with Crippen LogP contribution in [0.15, 0.2) is 42.5 Å². The van der Waals surface area contributed by atoms with E-state index < -0.39 is 0 Å². The van der Waals surface area contributed by atoms with Gasteiger partial charge < -0.3 is 0 Å². The summed E-state index contributed by atoms with van der Waals surface area (Å²) in [6.45, 7) is 2.26. The van der Waals surface area contributed by atoms with Crippen molar-refractivity contribution in [1.29, 1.82) is 0 Å². The van der Waals surface area contributed by atoms with E-state index in [-0.39, 0.29) is 0 Å². The van der Waals surface area contributed by atoms with Crippen molar-refractivity contribution in [2.24, 2.45) is 0 Å². The Balaban J connectivity index is 1.98. The van der Waals surface area contributed by atoms with Crippen molar-refractivity contribution >= 4 is 23.2 Å². The first-order valence-corrected chi connectivity index (χ1v) is 9.01. The fraction of sp³-hybridized carbons (Fsp3) is 0.400. The van der Waals surface area contributed by atoms with E-state index in [2.05, 4.69) is 31.2 Å². The summed E-state index contributed by atoms with van der Waals surface area (Å²) in [5.74, 6) is 0. The van der Waals surface area contributed by atoms with Crippen LogP contribution in [0, 0.1) is 0 Å². The van der Waals surface area contributed by atoms with Crippen LogP contribution in [0.1, 0.15) is 51.0 Å². The molecule has 0 aromatic heterocycles. The van der Waals surface area contributed by atoms with Crippen LogP contribution in [0.2, 0.25) is 10.0 Å². The van der Waals surface area contributed by atoms with Gasteiger partial charge in [0.2, 0.25) is 0 Å². The van der Waals surface area contributed by atoms with Crippen molar-refractivity contribution in [2.75, 3.05) is 0 Å². The van der Waals surface area contributed by atoms with Gasteiger partial charge in [0.25, 0.3) is 0 Å². The Bertz CT molecular complexity index is 570. The molecule has 0 aliphatic heterocycles. The van der Waals surface area contributed by atoms with Crippen molar-refractivity contribution in [3.8, 4) is 11.1 Å². The molecule has 2 heteroatoms. The summed E-state index contributed by atoms with van der Waals surface area (Å²) in [6.07, 6.45) is 9.08. The molecule has 0 atom stereocenters. The fourth-order valence-corrected chi connectivity index (χ4v) is 3.38. The van der Waals surface area contributed by atoms with E-state index in [1.54, 1.807) is 0 Å². The van der Waals surface area contributed by atoms with Crippen molar-refractivity contribution in [2.45, 2.75) is 51.9 Å². The van der Waals surface area contributed by atoms with E-state index in [1.807, 2.05) is 18.2 Å². The zero-order valence-corrected chi connectivity index (χ0v) is 14.8. The molecular weight excluding hydrogens is 311 g/mol. The Kier molecular flexibility index (Phi) is 7.29. The molecule has 0 amide bonds. The number of hydrogen-bond donors (Lipinski definition) is 0. The number of hydrogen-bond acceptors (Lipinski definition) is 0. The Labute approximate surface area is 144 Å². The van der Waals surface area contributed by atoms with Crippen LogP contribution in [-0.4, -0.2) is 0 Å². The molecule has 0 aliphatic carbocycles. The average molecular weight is 335 g/mol. The molecule has 0 saturated carbocycles. The maximum absolute atomic E-state index is 6.31. The van der Waals surface area contributed by atoms with Gasteiger partial charge in [-0.25, -0.2) is 0 Å². The Morgan fingerprint density at radius 2 is 1.41 bits per heavy atom. The Morgan fingerprint density at radius 1 is 0.773 bits per heavy atom. The van der Waals surface area contributed by atoms with E-state index in [0.717, 1.165) is 17.5 Å². The molecule has 0 N–H and O–H groups in total. The van der Waals surface area contributed by atoms with Gasteiger partial charge >= 0.3 is 0 Å². The zero-order valence-electron chi connectivity index (χ0n) is 13.2. The first-order valence-electron chi connectivity index (χ1n) is 8.25. The van der Waals surface area contributed by atoms with E-state index in [1.165, 1.54) is 44.1 Å². The average Bonchev–Trinajstić information content (AvgIpc) is 2.51. The second-order valence-corrected chi connectivity index (χ2v) is 6.63. The van der Waals surface area contributed by atoms with Crippen LogP contribution < -0.4 is 0 Å². The lowest BCUT2D eigenvalue weighted by molar-refractivity contribution is 0.607. The summed E-state index contributed by atoms with van der Waals surface area (Å²) in [4.78, 5) is 0. The topological polar surface area (TPSA) is 0 Å². The highest BCUT2D eigenvalue weighted by molar-refractivity contribution is 6.39. The van der Waals surface area contributed by atoms with Crippen LogP contribution in [0.25, 0.3) is 11.1 Å². The van der Waals surface area contributed by atoms with E-state index in [0.29, 0.717) is 10.0 Å². The number of rotatable bonds is 8. The van der Waals surface area contributed by atoms with Gasteiger partial charge in [-0.3, -0.25) is 0 Å². The normalized spacial score (nSPS) is 10.9. The van der Waals surface area contributed by atoms with Crippen LogP contribution in [0.5, 0.6) is 0 Å². The third-order valence-electron chi connectivity index (χ3n) is 4.00. The third kappa shape index (κ3) is 5.04. The van der Waals surface area contributed by atoms with Crippen molar-refractivity contribution < 1.29 is 0 Å². The molecule has 2 aromatic carbocycles. The molecule has 0 spiro atoms. The largest absolute Gasteiger partial charge is 0.0836 e. The van der Waals surface area contributed by atoms with Crippen molar-refractivity contribution in [3.63, 3.8) is 0 Å². The highest BCUT2D eigenvalue weighted by Gasteiger charge is 2.08. The van der Waals surface area contributed by atoms with E-state index in [4.69, 9.17) is 23.2 Å². The van der Waals surface area contributed by atoms with Gasteiger partial charge in [-0.05, 0) is 36.1 Å². The maximum atomic E-state index is 6.31. The van der Waals surface area contributed by atoms with Gasteiger partial charge in [-0.15, -0.1) is 0 Å². The minimum absolute atomic E-state index is 0.712. The molecule has 0 saturated heterocycles. The SMILES string of the molecule is CCCCCCCCc1cccc(-c2c(Cl)cccc2Cl)c1. The fourth-order valence-electron chi connectivity index (χ4n) is 2.77. The summed E-state index contributed by atoms with van der Waals surface area (Å²) in [6, 6.07) is 14.3. The molecule has 0 heterocycles. The number of aryl methyl sites for hydroxylation is 1. The maximum Gasteiger partial charge on any atom is 0.0499 e. The molecule has 0 unspecified atom stereocenters. The highest BCUT2D eigenvalue weighted by Crippen LogP contribution is 2.34. The van der Waals surface area contributed by atoms with E-state index in [9.17, 15) is 0 Å². The molecule has 2 aromatic rings. The molecule has 0 bridgehead atoms. The summed E-state index contributed by atoms with van der Waals surface area (Å²) >= 11 is 12.6. The molecular formula is C20H24Cl2. The first kappa shape index (κ1) is 17.4. The molecule has 0 fully saturated rings. The molecule has 0 radical (unpaired) electrons. The van der Waals surface area contributed by atoms with Crippen LogP contribution in [0.3, 0.4) is 0 Å². The van der Waals surface area contributed by atoms with Crippen LogP contribution in [0.4, 0.5) is 0 Å². The minimum atomic E-state index is 0.712. The molecule has 0 nitrogen and oxygen atoms in total. The monoisotopic (exact) mass is 334 g/mol. The lowest BCUT2D eigenvalue weighted by Gasteiger charge is -2.09. The third-order valence-corrected chi connectivity index (χ3v) is 4.63. The standard InChI is InChI=1S/C20H24Cl2/c1-2-3-4-5-6-7-10-16-11-8-12-17(15-16)20-18(21)13-9-14-19(20)22/h8-9,11-15H,2-7,10H2,1H3. The minimum Gasteiger partial charge on any atom is -0.0836 e. The predicted molar refractivity (Wildman–Crippen MR) is 99.0 cm³/mol. The van der Waals surface area contributed by atoms with Gasteiger partial charge in [-0.2, -0.15) is 0 Å². The van der Waals surface area contributed by atoms with Crippen molar-refractivity contribution in [3.05, 3.63) is 58.1 Å². The molecule has 0 aliphatic rings. The van der Waals surface area contributed by atoms with Crippen LogP contribution >= 0.6 is 23.2 Å². The van der Waals surface area contributed by atoms with Gasteiger partial charge in [0.15, 0.2) is 0 Å². The number of halogens is 2. The second kappa shape index (κ2) is 9.22. The smallest absolute Gasteiger partial charge is 0.0499 e. The quantitative estimate of drug-likeness (QED) is 0.437. The van der Waals surface area contributed by atoms with Gasteiger partial charge in [0.05, 0.1) is 0 Å². The predicted octanol–water partition coefficient (Wildman–Crippen LogP) is 7.56. The zero-order chi connectivity index (χ0) is 15.8. The first-order chi connectivity index (χ1) is 10.7. The lowest BCUT2D eigenvalue weighted by Crippen LogP contribution is -1.88. The summed E-state index contributed by atoms with van der Waals surface area (Å²) in [5, 5.41) is 1.42. The Morgan fingerprint density at radius 3 is 2.14 bits per heavy atom. The van der Waals surface area contributed by atoms with Gasteiger partial charge in [0, 0.05) is 15.6 Å². The molecule has 22 heavy (non-hydrogen) atoms. The summed E-state index contributed by atoms with van der Waals surface area (Å²) < 4.78 is 0. The Hall–Kier alpha value is -0.980. The second-order valence-electron chi connectivity index (χ2n) is 5.81. The summed E-state index contributed by atoms with van der Waals surface area (Å²) in [5.41, 5.74) is 3.42. The van der Waals surface area contributed by atoms with Gasteiger partial charge in [0.1, 0.15) is 0 Å². The van der Waals surface area contributed by atoms with E-state index >= 15 is 0 Å². The van der Waals surface area contributed by atoms with Crippen molar-refractivity contribution in [1.82, 2.24) is 0 Å². The number of unbranched alkanes of at least 4 members (excludes halogenated alkanes) is 5. The highest BCUT2D eigenvalue weighted by atomic mass is 35.5. The molecule has 2 rings (SSSR count). The lowest BCUT2D eigenvalue weighted by atomic mass is 9.99. The van der Waals surface area contributed by atoms with Crippen LogP contribution in [-0.2, 0) is 6.42 Å². The molecule has 118 valence electrons. The number of benzene rings is 2. The summed E-state index contributed by atoms with van der Waals surface area (Å²) in [7, 11) is 0. The van der Waals surface area contributed by atoms with Gasteiger partial charge in [-0.1, -0.05) is 92.6 Å².